The first kappa shape index (κ1) is 13.2. The molecule has 0 aliphatic rings. The molecule has 0 N–H and O–H groups in total. The molecular weight excluding hydrogens is 260 g/mol. The molecule has 0 aliphatic heterocycles. The molecule has 0 atom stereocenters. The van der Waals surface area contributed by atoms with Crippen molar-refractivity contribution in [3.63, 3.8) is 0 Å². The molecule has 3 heteroatoms. The lowest BCUT2D eigenvalue weighted by molar-refractivity contribution is 0.893. The average molecular weight is 276 g/mol. The maximum atomic E-state index is 12.8. The van der Waals surface area contributed by atoms with Gasteiger partial charge < -0.3 is 0 Å². The Hall–Kier alpha value is -2.81. The highest BCUT2D eigenvalue weighted by atomic mass is 16.1. The third-order valence-corrected chi connectivity index (χ3v) is 3.53. The lowest BCUT2D eigenvalue weighted by Gasteiger charge is -2.03. The van der Waals surface area contributed by atoms with Crippen LogP contribution < -0.4 is 16.4 Å². The van der Waals surface area contributed by atoms with Gasteiger partial charge in [-0.2, -0.15) is 0 Å². The number of benzene rings is 2. The van der Waals surface area contributed by atoms with E-state index < -0.39 is 0 Å². The van der Waals surface area contributed by atoms with E-state index in [-0.39, 0.29) is 5.69 Å². The Labute approximate surface area is 122 Å². The predicted octanol–water partition coefficient (Wildman–Crippen LogP) is 1.76. The maximum absolute atomic E-state index is 12.8. The highest BCUT2D eigenvalue weighted by molar-refractivity contribution is 5.39. The van der Waals surface area contributed by atoms with Crippen LogP contribution in [-0.2, 0) is 0 Å². The lowest BCUT2D eigenvalue weighted by Crippen LogP contribution is -2.29. The standard InChI is InChI=1S/C18H16N2O/c1-13-8-7-11-17(12-13)20-15(3)14(2)19(18(20)21)16-9-5-4-6-10-16/h4-12H,2-3H2,1H3. The van der Waals surface area contributed by atoms with E-state index in [4.69, 9.17) is 0 Å². The predicted molar refractivity (Wildman–Crippen MR) is 86.4 cm³/mol. The molecule has 0 fully saturated rings. The summed E-state index contributed by atoms with van der Waals surface area (Å²) in [5.41, 5.74) is 2.55. The summed E-state index contributed by atoms with van der Waals surface area (Å²) in [5, 5.41) is 1.21. The molecule has 0 aliphatic carbocycles. The number of hydrogen-bond acceptors (Lipinski definition) is 1. The number of hydrogen-bond donors (Lipinski definition) is 0. The number of rotatable bonds is 2. The number of imidazole rings is 1. The molecule has 21 heavy (non-hydrogen) atoms. The average Bonchev–Trinajstić information content (AvgIpc) is 2.70. The van der Waals surface area contributed by atoms with Gasteiger partial charge in [-0.3, -0.25) is 9.13 Å². The van der Waals surface area contributed by atoms with E-state index in [1.807, 2.05) is 61.5 Å². The fourth-order valence-corrected chi connectivity index (χ4v) is 2.47. The van der Waals surface area contributed by atoms with E-state index >= 15 is 0 Å². The van der Waals surface area contributed by atoms with E-state index in [9.17, 15) is 4.79 Å². The first-order valence-corrected chi connectivity index (χ1v) is 6.73. The van der Waals surface area contributed by atoms with Crippen LogP contribution in [0.5, 0.6) is 0 Å². The molecule has 2 aromatic carbocycles. The van der Waals surface area contributed by atoms with Gasteiger partial charge in [0.05, 0.1) is 22.1 Å². The van der Waals surface area contributed by atoms with Gasteiger partial charge in [0.25, 0.3) is 0 Å². The van der Waals surface area contributed by atoms with Gasteiger partial charge >= 0.3 is 5.69 Å². The summed E-state index contributed by atoms with van der Waals surface area (Å²) in [6, 6.07) is 17.3. The van der Waals surface area contributed by atoms with Crippen LogP contribution in [0.15, 0.2) is 59.4 Å². The van der Waals surface area contributed by atoms with Gasteiger partial charge in [0.15, 0.2) is 0 Å². The van der Waals surface area contributed by atoms with Crippen LogP contribution in [0.25, 0.3) is 24.5 Å². The largest absolute Gasteiger partial charge is 0.338 e. The summed E-state index contributed by atoms with van der Waals surface area (Å²) < 4.78 is 3.19. The van der Waals surface area contributed by atoms with Gasteiger partial charge in [-0.15, -0.1) is 0 Å². The van der Waals surface area contributed by atoms with Gasteiger partial charge in [0.2, 0.25) is 0 Å². The summed E-state index contributed by atoms with van der Waals surface area (Å²) in [5.74, 6) is 0. The number of para-hydroxylation sites is 1. The number of aryl methyl sites for hydroxylation is 1. The second-order valence-electron chi connectivity index (χ2n) is 5.02. The van der Waals surface area contributed by atoms with Crippen LogP contribution in [0.4, 0.5) is 0 Å². The summed E-state index contributed by atoms with van der Waals surface area (Å²) >= 11 is 0. The maximum Gasteiger partial charge on any atom is 0.338 e. The van der Waals surface area contributed by atoms with Crippen LogP contribution in [0.3, 0.4) is 0 Å². The molecule has 0 saturated heterocycles. The Kier molecular flexibility index (Phi) is 3.10. The molecule has 104 valence electrons. The van der Waals surface area contributed by atoms with Gasteiger partial charge in [0, 0.05) is 0 Å². The van der Waals surface area contributed by atoms with Crippen molar-refractivity contribution in [1.29, 1.82) is 0 Å². The number of nitrogens with zero attached hydrogens (tertiary/aromatic N) is 2. The highest BCUT2D eigenvalue weighted by Gasteiger charge is 2.11. The smallest absolute Gasteiger partial charge is 0.261 e. The molecular formula is C18H16N2O. The SMILES string of the molecule is C=c1c(=C)n(-c2cccc(C)c2)c(=O)n1-c1ccccc1. The van der Waals surface area contributed by atoms with Crippen molar-refractivity contribution in [3.8, 4) is 11.4 Å². The third-order valence-electron chi connectivity index (χ3n) is 3.53. The van der Waals surface area contributed by atoms with Gasteiger partial charge in [-0.05, 0) is 36.8 Å². The van der Waals surface area contributed by atoms with Crippen LogP contribution in [-0.4, -0.2) is 9.13 Å². The second kappa shape index (κ2) is 4.94. The third kappa shape index (κ3) is 2.13. The van der Waals surface area contributed by atoms with Crippen molar-refractivity contribution in [2.24, 2.45) is 0 Å². The Morgan fingerprint density at radius 1 is 0.810 bits per heavy atom. The van der Waals surface area contributed by atoms with Crippen molar-refractivity contribution >= 4 is 13.2 Å². The van der Waals surface area contributed by atoms with E-state index in [0.717, 1.165) is 16.9 Å². The summed E-state index contributed by atoms with van der Waals surface area (Å²) in [7, 11) is 0. The van der Waals surface area contributed by atoms with E-state index in [2.05, 4.69) is 13.2 Å². The Morgan fingerprint density at radius 2 is 1.38 bits per heavy atom. The first-order valence-electron chi connectivity index (χ1n) is 6.73. The van der Waals surface area contributed by atoms with Crippen molar-refractivity contribution < 1.29 is 0 Å². The van der Waals surface area contributed by atoms with Crippen molar-refractivity contribution in [3.05, 3.63) is 81.3 Å². The summed E-state index contributed by atoms with van der Waals surface area (Å²) in [6.07, 6.45) is 0. The molecule has 0 spiro atoms. The van der Waals surface area contributed by atoms with E-state index in [0.29, 0.717) is 10.7 Å². The van der Waals surface area contributed by atoms with Crippen molar-refractivity contribution in [2.75, 3.05) is 0 Å². The fourth-order valence-electron chi connectivity index (χ4n) is 2.47. The fraction of sp³-hybridized carbons (Fsp3) is 0.0556. The summed E-state index contributed by atoms with van der Waals surface area (Å²) in [6.45, 7) is 10.0. The van der Waals surface area contributed by atoms with Gasteiger partial charge in [-0.25, -0.2) is 4.79 Å². The molecule has 0 amide bonds. The van der Waals surface area contributed by atoms with Crippen LogP contribution in [0.1, 0.15) is 5.56 Å². The second-order valence-corrected chi connectivity index (χ2v) is 5.02. The van der Waals surface area contributed by atoms with Crippen LogP contribution in [0.2, 0.25) is 0 Å². The van der Waals surface area contributed by atoms with Crippen molar-refractivity contribution in [2.45, 2.75) is 6.92 Å². The minimum Gasteiger partial charge on any atom is -0.261 e. The van der Waals surface area contributed by atoms with Crippen LogP contribution in [0, 0.1) is 6.92 Å². The van der Waals surface area contributed by atoms with E-state index in [1.165, 1.54) is 0 Å². The quantitative estimate of drug-likeness (QED) is 0.700. The molecule has 0 unspecified atom stereocenters. The normalized spacial score (nSPS) is 10.7. The van der Waals surface area contributed by atoms with E-state index in [1.54, 1.807) is 9.13 Å². The molecule has 3 nitrogen and oxygen atoms in total. The van der Waals surface area contributed by atoms with Gasteiger partial charge in [0.1, 0.15) is 0 Å². The molecule has 1 aromatic heterocycles. The minimum absolute atomic E-state index is 0.151. The highest BCUT2D eigenvalue weighted by Crippen LogP contribution is 2.06. The Balaban J connectivity index is 2.34. The number of aromatic nitrogens is 2. The molecule has 1 heterocycles. The van der Waals surface area contributed by atoms with Gasteiger partial charge in [-0.1, -0.05) is 43.5 Å². The molecule has 3 rings (SSSR count). The molecule has 0 bridgehead atoms. The zero-order valence-corrected chi connectivity index (χ0v) is 11.9. The molecule has 3 aromatic rings. The Morgan fingerprint density at radius 3 is 2.00 bits per heavy atom. The Bertz CT molecular complexity index is 949. The monoisotopic (exact) mass is 276 g/mol. The summed E-state index contributed by atoms with van der Waals surface area (Å²) in [4.78, 5) is 12.8. The minimum atomic E-state index is -0.151. The lowest BCUT2D eigenvalue weighted by atomic mass is 10.2. The first-order chi connectivity index (χ1) is 10.1. The van der Waals surface area contributed by atoms with Crippen LogP contribution >= 0.6 is 0 Å². The molecule has 0 saturated carbocycles. The van der Waals surface area contributed by atoms with Crippen molar-refractivity contribution in [1.82, 2.24) is 9.13 Å². The topological polar surface area (TPSA) is 26.9 Å². The molecule has 0 radical (unpaired) electrons. The zero-order valence-electron chi connectivity index (χ0n) is 11.9. The zero-order chi connectivity index (χ0) is 15.0.